The second-order valence-corrected chi connectivity index (χ2v) is 7.47. The van der Waals surface area contributed by atoms with Crippen LogP contribution < -0.4 is 10.4 Å². The summed E-state index contributed by atoms with van der Waals surface area (Å²) in [5, 5.41) is 19.8. The first kappa shape index (κ1) is 20.6. The molecule has 3 aromatic rings. The van der Waals surface area contributed by atoms with E-state index in [0.29, 0.717) is 18.4 Å². The molecule has 1 aromatic carbocycles. The van der Waals surface area contributed by atoms with Gasteiger partial charge in [0.1, 0.15) is 23.8 Å². The number of aromatic nitrogens is 2. The summed E-state index contributed by atoms with van der Waals surface area (Å²) in [6.45, 7) is 2.37. The number of hydrogen-bond acceptors (Lipinski definition) is 7. The molecule has 0 amide bonds. The van der Waals surface area contributed by atoms with E-state index in [0.717, 1.165) is 24.4 Å². The van der Waals surface area contributed by atoms with Gasteiger partial charge >= 0.3 is 5.69 Å². The third-order valence-corrected chi connectivity index (χ3v) is 5.35. The molecular weight excluding hydrogens is 388 g/mol. The molecule has 1 aliphatic heterocycles. The van der Waals surface area contributed by atoms with E-state index in [1.54, 1.807) is 6.20 Å². The molecule has 8 nitrogen and oxygen atoms in total. The number of nitrogens with zero attached hydrogens (tertiary/aromatic N) is 2. The van der Waals surface area contributed by atoms with Gasteiger partial charge in [0, 0.05) is 19.0 Å². The maximum atomic E-state index is 12.3. The van der Waals surface area contributed by atoms with Crippen LogP contribution >= 0.6 is 0 Å². The normalized spacial score (nSPS) is 21.4. The van der Waals surface area contributed by atoms with Crippen molar-refractivity contribution in [2.75, 3.05) is 13.2 Å². The van der Waals surface area contributed by atoms with Crippen molar-refractivity contribution in [3.8, 4) is 5.75 Å². The van der Waals surface area contributed by atoms with E-state index in [1.807, 2.05) is 18.2 Å². The standard InChI is InChI=1S/C22H26N2O6/c1-2-14-5-7-16(8-6-14)28-9-3-4-17-10-15-12-24(22(27)23-21(15)29-17)20-11-18(26)19(13-25)30-20/h5-8,10,12,18-20,25-26H,2-4,9,11,13H2,1H3/t18-,19+,20+/m0/s1. The highest BCUT2D eigenvalue weighted by Crippen LogP contribution is 2.28. The Kier molecular flexibility index (Phi) is 6.17. The van der Waals surface area contributed by atoms with Crippen molar-refractivity contribution in [1.29, 1.82) is 0 Å². The zero-order valence-corrected chi connectivity index (χ0v) is 16.9. The molecule has 2 N–H and O–H groups in total. The van der Waals surface area contributed by atoms with E-state index in [2.05, 4.69) is 24.0 Å². The van der Waals surface area contributed by atoms with Gasteiger partial charge in [-0.2, -0.15) is 4.98 Å². The van der Waals surface area contributed by atoms with Crippen LogP contribution in [0.5, 0.6) is 5.75 Å². The summed E-state index contributed by atoms with van der Waals surface area (Å²) in [4.78, 5) is 16.3. The zero-order valence-electron chi connectivity index (χ0n) is 16.9. The third kappa shape index (κ3) is 4.40. The number of rotatable bonds is 8. The van der Waals surface area contributed by atoms with Crippen molar-refractivity contribution in [3.63, 3.8) is 0 Å². The minimum atomic E-state index is -0.819. The lowest BCUT2D eigenvalue weighted by Crippen LogP contribution is -2.27. The summed E-state index contributed by atoms with van der Waals surface area (Å²) in [5.74, 6) is 1.57. The van der Waals surface area contributed by atoms with Gasteiger partial charge in [0.25, 0.3) is 0 Å². The van der Waals surface area contributed by atoms with E-state index in [4.69, 9.17) is 13.9 Å². The van der Waals surface area contributed by atoms with Crippen LogP contribution in [0.4, 0.5) is 0 Å². The summed E-state index contributed by atoms with van der Waals surface area (Å²) in [7, 11) is 0. The summed E-state index contributed by atoms with van der Waals surface area (Å²) in [6, 6.07) is 9.92. The van der Waals surface area contributed by atoms with Gasteiger partial charge < -0.3 is 24.1 Å². The molecule has 0 spiro atoms. The predicted octanol–water partition coefficient (Wildman–Crippen LogP) is 2.20. The van der Waals surface area contributed by atoms with Gasteiger partial charge in [0.15, 0.2) is 0 Å². The fraction of sp³-hybridized carbons (Fsp3) is 0.455. The second kappa shape index (κ2) is 8.99. The summed E-state index contributed by atoms with van der Waals surface area (Å²) < 4.78 is 18.4. The van der Waals surface area contributed by atoms with Crippen molar-refractivity contribution >= 4 is 11.1 Å². The van der Waals surface area contributed by atoms with Crippen LogP contribution in [0.15, 0.2) is 45.7 Å². The molecule has 1 fully saturated rings. The summed E-state index contributed by atoms with van der Waals surface area (Å²) in [5.41, 5.74) is 1.04. The first-order valence-corrected chi connectivity index (χ1v) is 10.2. The summed E-state index contributed by atoms with van der Waals surface area (Å²) in [6.07, 6.45) is 2.09. The maximum absolute atomic E-state index is 12.3. The van der Waals surface area contributed by atoms with Gasteiger partial charge in [0.05, 0.1) is 24.7 Å². The molecule has 0 unspecified atom stereocenters. The summed E-state index contributed by atoms with van der Waals surface area (Å²) >= 11 is 0. The third-order valence-electron chi connectivity index (χ3n) is 5.35. The van der Waals surface area contributed by atoms with Gasteiger partial charge in [-0.1, -0.05) is 19.1 Å². The molecule has 0 saturated carbocycles. The highest BCUT2D eigenvalue weighted by atomic mass is 16.5. The minimum absolute atomic E-state index is 0.222. The van der Waals surface area contributed by atoms with Crippen LogP contribution in [-0.2, 0) is 17.6 Å². The Labute approximate surface area is 173 Å². The lowest BCUT2D eigenvalue weighted by Gasteiger charge is -2.13. The second-order valence-electron chi connectivity index (χ2n) is 7.47. The van der Waals surface area contributed by atoms with E-state index in [9.17, 15) is 15.0 Å². The highest BCUT2D eigenvalue weighted by Gasteiger charge is 2.35. The number of aryl methyl sites for hydroxylation is 2. The molecule has 2 aromatic heterocycles. The molecule has 3 atom stereocenters. The Hall–Kier alpha value is -2.68. The molecule has 30 heavy (non-hydrogen) atoms. The lowest BCUT2D eigenvalue weighted by molar-refractivity contribution is -0.0457. The Morgan fingerprint density at radius 1 is 1.30 bits per heavy atom. The van der Waals surface area contributed by atoms with Gasteiger partial charge in [-0.15, -0.1) is 0 Å². The fourth-order valence-electron chi connectivity index (χ4n) is 3.61. The number of furan rings is 1. The van der Waals surface area contributed by atoms with E-state index < -0.39 is 24.1 Å². The largest absolute Gasteiger partial charge is 0.494 e. The first-order valence-electron chi connectivity index (χ1n) is 10.2. The van der Waals surface area contributed by atoms with Crippen LogP contribution in [0.25, 0.3) is 11.1 Å². The molecule has 1 aliphatic rings. The topological polar surface area (TPSA) is 107 Å². The average molecular weight is 414 g/mol. The van der Waals surface area contributed by atoms with E-state index >= 15 is 0 Å². The van der Waals surface area contributed by atoms with Crippen LogP contribution in [0, 0.1) is 0 Å². The quantitative estimate of drug-likeness (QED) is 0.544. The van der Waals surface area contributed by atoms with Crippen molar-refractivity contribution < 1.29 is 24.1 Å². The Morgan fingerprint density at radius 2 is 2.10 bits per heavy atom. The van der Waals surface area contributed by atoms with Gasteiger partial charge in [-0.05, 0) is 36.6 Å². The number of ether oxygens (including phenoxy) is 2. The Balaban J connectivity index is 1.38. The molecule has 0 bridgehead atoms. The molecule has 8 heteroatoms. The fourth-order valence-corrected chi connectivity index (χ4v) is 3.61. The average Bonchev–Trinajstić information content (AvgIpc) is 3.33. The van der Waals surface area contributed by atoms with E-state index in [1.165, 1.54) is 10.1 Å². The lowest BCUT2D eigenvalue weighted by atomic mass is 10.2. The van der Waals surface area contributed by atoms with Crippen molar-refractivity contribution in [2.24, 2.45) is 0 Å². The minimum Gasteiger partial charge on any atom is -0.494 e. The molecular formula is C22H26N2O6. The van der Waals surface area contributed by atoms with Crippen LogP contribution in [0.1, 0.15) is 37.3 Å². The van der Waals surface area contributed by atoms with Gasteiger partial charge in [-0.3, -0.25) is 4.57 Å². The number of fused-ring (bicyclic) bond motifs is 1. The SMILES string of the molecule is CCc1ccc(OCCCc2cc3cn([C@H]4C[C@H](O)[C@@H](CO)O4)c(=O)nc3o2)cc1. The van der Waals surface area contributed by atoms with Crippen molar-refractivity contribution in [3.05, 3.63) is 58.3 Å². The molecule has 0 aliphatic carbocycles. The molecule has 3 heterocycles. The molecule has 0 radical (unpaired) electrons. The zero-order chi connectivity index (χ0) is 21.1. The van der Waals surface area contributed by atoms with Crippen LogP contribution in [0.2, 0.25) is 0 Å². The number of aliphatic hydroxyl groups excluding tert-OH is 2. The molecule has 160 valence electrons. The number of benzene rings is 1. The van der Waals surface area contributed by atoms with Gasteiger partial charge in [0.2, 0.25) is 5.71 Å². The van der Waals surface area contributed by atoms with Crippen molar-refractivity contribution in [2.45, 2.75) is 51.0 Å². The number of hydrogen-bond donors (Lipinski definition) is 2. The van der Waals surface area contributed by atoms with Gasteiger partial charge in [-0.25, -0.2) is 4.79 Å². The Morgan fingerprint density at radius 3 is 2.80 bits per heavy atom. The van der Waals surface area contributed by atoms with E-state index in [-0.39, 0.29) is 18.7 Å². The predicted molar refractivity (Wildman–Crippen MR) is 110 cm³/mol. The Bertz CT molecular complexity index is 1040. The molecule has 1 saturated heterocycles. The van der Waals surface area contributed by atoms with Crippen molar-refractivity contribution in [1.82, 2.24) is 9.55 Å². The van der Waals surface area contributed by atoms with Crippen LogP contribution in [-0.4, -0.2) is 45.2 Å². The maximum Gasteiger partial charge on any atom is 0.353 e. The number of aliphatic hydroxyl groups is 2. The molecule has 4 rings (SSSR count). The highest BCUT2D eigenvalue weighted by molar-refractivity contribution is 5.72. The smallest absolute Gasteiger partial charge is 0.353 e. The monoisotopic (exact) mass is 414 g/mol. The van der Waals surface area contributed by atoms with Crippen LogP contribution in [0.3, 0.4) is 0 Å². The first-order chi connectivity index (χ1) is 14.6.